The van der Waals surface area contributed by atoms with Gasteiger partial charge < -0.3 is 14.5 Å². The van der Waals surface area contributed by atoms with Gasteiger partial charge in [-0.25, -0.2) is 4.79 Å². The molecule has 0 aliphatic heterocycles. The summed E-state index contributed by atoms with van der Waals surface area (Å²) in [5, 5.41) is 0. The van der Waals surface area contributed by atoms with Crippen molar-refractivity contribution in [3.63, 3.8) is 0 Å². The second-order valence-electron chi connectivity index (χ2n) is 8.89. The lowest BCUT2D eigenvalue weighted by molar-refractivity contribution is 0.0269. The van der Waals surface area contributed by atoms with E-state index in [2.05, 4.69) is 22.0 Å². The van der Waals surface area contributed by atoms with Crippen LogP contribution in [0.1, 0.15) is 50.8 Å². The first-order valence-electron chi connectivity index (χ1n) is 10.0. The quantitative estimate of drug-likeness (QED) is 0.675. The minimum atomic E-state index is -0.529. The van der Waals surface area contributed by atoms with E-state index in [1.165, 1.54) is 0 Å². The fourth-order valence-electron chi connectivity index (χ4n) is 3.14. The van der Waals surface area contributed by atoms with Crippen molar-refractivity contribution in [2.45, 2.75) is 51.2 Å². The molecule has 1 fully saturated rings. The van der Waals surface area contributed by atoms with Crippen molar-refractivity contribution in [3.8, 4) is 0 Å². The highest BCUT2D eigenvalue weighted by atomic mass is 16.6. The topological polar surface area (TPSA) is 58.0 Å². The summed E-state index contributed by atoms with van der Waals surface area (Å²) in [7, 11) is 4.04. The maximum absolute atomic E-state index is 12.9. The van der Waals surface area contributed by atoms with E-state index in [0.717, 1.165) is 36.4 Å². The Hall–Kier alpha value is -2.21. The summed E-state index contributed by atoms with van der Waals surface area (Å²) in [6.45, 7) is 7.54. The number of hydrogen-bond donors (Lipinski definition) is 0. The molecule has 0 N–H and O–H groups in total. The molecule has 1 aromatic heterocycles. The first-order valence-corrected chi connectivity index (χ1v) is 10.0. The molecule has 2 aliphatic carbocycles. The van der Waals surface area contributed by atoms with Crippen LogP contribution in [-0.4, -0.2) is 72.0 Å². The van der Waals surface area contributed by atoms with Gasteiger partial charge >= 0.3 is 6.09 Å². The number of hydrogen-bond acceptors (Lipinski definition) is 5. The number of rotatable bonds is 7. The van der Waals surface area contributed by atoms with Crippen molar-refractivity contribution in [1.29, 1.82) is 0 Å². The minimum Gasteiger partial charge on any atom is -0.444 e. The summed E-state index contributed by atoms with van der Waals surface area (Å²) in [6.07, 6.45) is 7.95. The highest BCUT2D eigenvalue weighted by Crippen LogP contribution is 2.33. The molecule has 2 bridgehead atoms. The molecule has 6 nitrogen and oxygen atoms in total. The predicted octanol–water partition coefficient (Wildman–Crippen LogP) is 3.49. The first kappa shape index (κ1) is 20.5. The minimum absolute atomic E-state index is 0.0142. The van der Waals surface area contributed by atoms with Gasteiger partial charge in [0.1, 0.15) is 5.60 Å². The van der Waals surface area contributed by atoms with E-state index in [-0.39, 0.29) is 12.0 Å². The fraction of sp³-hybridized carbons (Fsp3) is 0.591. The van der Waals surface area contributed by atoms with Crippen LogP contribution in [0.4, 0.5) is 4.79 Å². The van der Waals surface area contributed by atoms with E-state index in [4.69, 9.17) is 9.73 Å². The third-order valence-electron chi connectivity index (χ3n) is 4.65. The van der Waals surface area contributed by atoms with Gasteiger partial charge in [-0.3, -0.25) is 9.98 Å². The van der Waals surface area contributed by atoms with E-state index in [1.807, 2.05) is 53.2 Å². The van der Waals surface area contributed by atoms with Gasteiger partial charge in [-0.15, -0.1) is 0 Å². The molecule has 0 aromatic carbocycles. The largest absolute Gasteiger partial charge is 0.444 e. The summed E-state index contributed by atoms with van der Waals surface area (Å²) >= 11 is 0. The molecule has 0 radical (unpaired) electrons. The lowest BCUT2D eigenvalue weighted by Gasteiger charge is -2.28. The van der Waals surface area contributed by atoms with Crippen LogP contribution < -0.4 is 0 Å². The van der Waals surface area contributed by atoms with Crippen LogP contribution in [-0.2, 0) is 4.74 Å². The number of nitrogens with zero attached hydrogens (tertiary/aromatic N) is 4. The van der Waals surface area contributed by atoms with Gasteiger partial charge in [-0.2, -0.15) is 0 Å². The van der Waals surface area contributed by atoms with Crippen molar-refractivity contribution < 1.29 is 9.53 Å². The van der Waals surface area contributed by atoms with Gasteiger partial charge in [0.25, 0.3) is 0 Å². The van der Waals surface area contributed by atoms with Gasteiger partial charge in [-0.1, -0.05) is 12.2 Å². The molecular weight excluding hydrogens is 352 g/mol. The van der Waals surface area contributed by atoms with Gasteiger partial charge in [0, 0.05) is 25.8 Å². The Kier molecular flexibility index (Phi) is 6.18. The van der Waals surface area contributed by atoms with E-state index in [1.54, 1.807) is 4.90 Å². The maximum Gasteiger partial charge on any atom is 0.410 e. The van der Waals surface area contributed by atoms with Crippen molar-refractivity contribution in [2.24, 2.45) is 4.99 Å². The second kappa shape index (κ2) is 8.43. The number of fused-ring (bicyclic) bond motifs is 2. The van der Waals surface area contributed by atoms with Crippen molar-refractivity contribution in [1.82, 2.24) is 14.8 Å². The molecule has 28 heavy (non-hydrogen) atoms. The van der Waals surface area contributed by atoms with Crippen molar-refractivity contribution in [2.75, 3.05) is 33.7 Å². The summed E-state index contributed by atoms with van der Waals surface area (Å²) in [4.78, 5) is 26.2. The first-order chi connectivity index (χ1) is 13.2. The van der Waals surface area contributed by atoms with Gasteiger partial charge in [0.2, 0.25) is 0 Å². The highest BCUT2D eigenvalue weighted by molar-refractivity contribution is 6.08. The Balaban J connectivity index is 1.77. The van der Waals surface area contributed by atoms with Crippen LogP contribution in [0, 0.1) is 0 Å². The molecule has 0 spiro atoms. The van der Waals surface area contributed by atoms with E-state index in [9.17, 15) is 4.79 Å². The molecule has 1 aromatic rings. The van der Waals surface area contributed by atoms with E-state index >= 15 is 0 Å². The van der Waals surface area contributed by atoms with Crippen LogP contribution in [0.2, 0.25) is 0 Å². The molecule has 1 saturated carbocycles. The lowest BCUT2D eigenvalue weighted by Crippen LogP contribution is -2.40. The van der Waals surface area contributed by atoms with Crippen LogP contribution in [0.25, 0.3) is 0 Å². The molecule has 1 atom stereocenters. The number of carbonyl (C=O) groups is 1. The smallest absolute Gasteiger partial charge is 0.410 e. The number of likely N-dealkylation sites (N-methyl/N-ethyl adjacent to an activating group) is 1. The van der Waals surface area contributed by atoms with Gasteiger partial charge in [0.15, 0.2) is 0 Å². The number of ether oxygens (including phenoxy) is 1. The zero-order valence-electron chi connectivity index (χ0n) is 17.7. The molecule has 1 amide bonds. The Bertz CT molecular complexity index is 760. The third kappa shape index (κ3) is 5.64. The summed E-state index contributed by atoms with van der Waals surface area (Å²) in [5.74, 6) is 0.0142. The Morgan fingerprint density at radius 1 is 1.29 bits per heavy atom. The third-order valence-corrected chi connectivity index (χ3v) is 4.65. The average molecular weight is 385 g/mol. The maximum atomic E-state index is 12.9. The standard InChI is InChI=1S/C22H32N4O2/c1-22(2,3)28-21(27)26(13-7-6-12-25(4)5)15-18-19-14-16(10-11-23-19)20(18)24-17-8-9-17/h6-7,10-11,14,17-18H,8-9,12-13,15H2,1-5H3/b7-6+,24-20?. The Labute approximate surface area is 168 Å². The molecular formula is C22H32N4O2. The molecule has 1 unspecified atom stereocenters. The molecule has 6 heteroatoms. The Morgan fingerprint density at radius 2 is 2.00 bits per heavy atom. The van der Waals surface area contributed by atoms with E-state index < -0.39 is 5.60 Å². The Morgan fingerprint density at radius 3 is 2.64 bits per heavy atom. The van der Waals surface area contributed by atoms with E-state index in [0.29, 0.717) is 19.1 Å². The summed E-state index contributed by atoms with van der Waals surface area (Å²) in [5.41, 5.74) is 2.66. The number of aliphatic imine (C=N–C) groups is 1. The molecule has 1 heterocycles. The fourth-order valence-corrected chi connectivity index (χ4v) is 3.14. The highest BCUT2D eigenvalue weighted by Gasteiger charge is 2.34. The van der Waals surface area contributed by atoms with Crippen molar-refractivity contribution in [3.05, 3.63) is 41.7 Å². The van der Waals surface area contributed by atoms with Gasteiger partial charge in [0.05, 0.1) is 23.4 Å². The number of carbonyl (C=O) groups excluding carboxylic acids is 1. The van der Waals surface area contributed by atoms with Crippen molar-refractivity contribution >= 4 is 11.8 Å². The summed E-state index contributed by atoms with van der Waals surface area (Å²) in [6, 6.07) is 4.54. The number of pyridine rings is 1. The van der Waals surface area contributed by atoms with Gasteiger partial charge in [-0.05, 0) is 65.4 Å². The summed E-state index contributed by atoms with van der Waals surface area (Å²) < 4.78 is 5.66. The molecule has 0 saturated heterocycles. The molecule has 152 valence electrons. The molecule has 3 rings (SSSR count). The molecule has 2 aliphatic rings. The van der Waals surface area contributed by atoms with Crippen LogP contribution >= 0.6 is 0 Å². The normalized spacial score (nSPS) is 20.4. The number of amides is 1. The zero-order valence-corrected chi connectivity index (χ0v) is 17.7. The monoisotopic (exact) mass is 384 g/mol. The average Bonchev–Trinajstić information content (AvgIpc) is 3.38. The zero-order chi connectivity index (χ0) is 20.3. The predicted molar refractivity (Wildman–Crippen MR) is 112 cm³/mol. The lowest BCUT2D eigenvalue weighted by atomic mass is 10.0. The van der Waals surface area contributed by atoms with Crippen LogP contribution in [0.15, 0.2) is 35.5 Å². The van der Waals surface area contributed by atoms with Crippen LogP contribution in [0.5, 0.6) is 0 Å². The second-order valence-corrected chi connectivity index (χ2v) is 8.89. The number of aromatic nitrogens is 1. The van der Waals surface area contributed by atoms with Crippen LogP contribution in [0.3, 0.4) is 0 Å². The SMILES string of the molecule is CN(C)C/C=C/CN(CC1C(=NC2CC2)c2ccnc1c2)C(=O)OC(C)(C)C.